The van der Waals surface area contributed by atoms with Crippen LogP contribution in [0.15, 0.2) is 36.4 Å². The highest BCUT2D eigenvalue weighted by atomic mass is 35.5. The van der Waals surface area contributed by atoms with Crippen molar-refractivity contribution in [2.45, 2.75) is 0 Å². The molecule has 0 bridgehead atoms. The summed E-state index contributed by atoms with van der Waals surface area (Å²) >= 11 is 11.6. The Balaban J connectivity index is 2.34. The average Bonchev–Trinajstić information content (AvgIpc) is 2.27. The fourth-order valence-electron chi connectivity index (χ4n) is 1.23. The zero-order valence-electron chi connectivity index (χ0n) is 8.38. The van der Waals surface area contributed by atoms with Crippen molar-refractivity contribution in [3.63, 3.8) is 0 Å². The third-order valence-electron chi connectivity index (χ3n) is 2.01. The second kappa shape index (κ2) is 4.90. The Morgan fingerprint density at radius 3 is 2.35 bits per heavy atom. The summed E-state index contributed by atoms with van der Waals surface area (Å²) in [6, 6.07) is 7.57. The molecule has 0 aliphatic heterocycles. The Labute approximate surface area is 107 Å². The third-order valence-corrected chi connectivity index (χ3v) is 2.55. The predicted molar refractivity (Wildman–Crippen MR) is 62.9 cm³/mol. The third kappa shape index (κ3) is 2.87. The lowest BCUT2D eigenvalue weighted by Gasteiger charge is -2.08. The second-order valence-corrected chi connectivity index (χ2v) is 4.10. The molecule has 0 amide bonds. The van der Waals surface area contributed by atoms with Gasteiger partial charge in [0.25, 0.3) is 0 Å². The van der Waals surface area contributed by atoms with Crippen LogP contribution in [-0.4, -0.2) is 0 Å². The fourth-order valence-corrected chi connectivity index (χ4v) is 1.55. The van der Waals surface area contributed by atoms with Crippen molar-refractivity contribution in [1.82, 2.24) is 0 Å². The zero-order chi connectivity index (χ0) is 12.4. The Morgan fingerprint density at radius 2 is 1.65 bits per heavy atom. The highest BCUT2D eigenvalue weighted by Gasteiger charge is 2.09. The van der Waals surface area contributed by atoms with Crippen LogP contribution in [0.1, 0.15) is 0 Å². The van der Waals surface area contributed by atoms with E-state index in [9.17, 15) is 8.78 Å². The maximum Gasteiger partial charge on any atom is 0.168 e. The van der Waals surface area contributed by atoms with Crippen LogP contribution in [0.25, 0.3) is 0 Å². The van der Waals surface area contributed by atoms with Crippen LogP contribution in [0.2, 0.25) is 10.0 Å². The highest BCUT2D eigenvalue weighted by molar-refractivity contribution is 6.34. The van der Waals surface area contributed by atoms with Crippen LogP contribution in [0.3, 0.4) is 0 Å². The molecule has 0 aliphatic rings. The molecule has 0 fully saturated rings. The summed E-state index contributed by atoms with van der Waals surface area (Å²) in [4.78, 5) is 0. The van der Waals surface area contributed by atoms with Gasteiger partial charge in [-0.3, -0.25) is 0 Å². The van der Waals surface area contributed by atoms with E-state index in [0.29, 0.717) is 5.02 Å². The number of benzene rings is 2. The first-order valence-corrected chi connectivity index (χ1v) is 5.40. The molecule has 0 heterocycles. The van der Waals surface area contributed by atoms with Gasteiger partial charge in [-0.2, -0.15) is 0 Å². The minimum absolute atomic E-state index is 0.115. The van der Waals surface area contributed by atoms with Gasteiger partial charge >= 0.3 is 0 Å². The van der Waals surface area contributed by atoms with Crippen LogP contribution >= 0.6 is 23.2 Å². The second-order valence-electron chi connectivity index (χ2n) is 3.25. The topological polar surface area (TPSA) is 9.23 Å². The molecule has 1 nitrogen and oxygen atoms in total. The Hall–Kier alpha value is -1.32. The van der Waals surface area contributed by atoms with Crippen LogP contribution in [0.5, 0.6) is 11.5 Å². The van der Waals surface area contributed by atoms with Crippen molar-refractivity contribution >= 4 is 23.2 Å². The molecular formula is C12H6Cl2F2O. The SMILES string of the molecule is Fc1ccc(Oc2cc(Cl)ccc2Cl)c(F)c1. The molecule has 0 saturated heterocycles. The molecule has 17 heavy (non-hydrogen) atoms. The van der Waals surface area contributed by atoms with Crippen molar-refractivity contribution in [2.75, 3.05) is 0 Å². The largest absolute Gasteiger partial charge is 0.453 e. The molecule has 2 rings (SSSR count). The van der Waals surface area contributed by atoms with E-state index >= 15 is 0 Å². The van der Waals surface area contributed by atoms with E-state index in [1.54, 1.807) is 6.07 Å². The van der Waals surface area contributed by atoms with E-state index in [1.165, 1.54) is 18.2 Å². The average molecular weight is 275 g/mol. The first-order valence-electron chi connectivity index (χ1n) is 4.64. The molecular weight excluding hydrogens is 269 g/mol. The maximum atomic E-state index is 13.3. The molecule has 0 atom stereocenters. The van der Waals surface area contributed by atoms with Gasteiger partial charge in [-0.1, -0.05) is 23.2 Å². The minimum atomic E-state index is -0.805. The smallest absolute Gasteiger partial charge is 0.168 e. The summed E-state index contributed by atoms with van der Waals surface area (Å²) in [6.07, 6.45) is 0. The van der Waals surface area contributed by atoms with Gasteiger partial charge in [0, 0.05) is 17.2 Å². The lowest BCUT2D eigenvalue weighted by atomic mass is 10.3. The highest BCUT2D eigenvalue weighted by Crippen LogP contribution is 2.32. The molecule has 0 spiro atoms. The monoisotopic (exact) mass is 274 g/mol. The summed E-state index contributed by atoms with van der Waals surface area (Å²) in [5.41, 5.74) is 0. The molecule has 0 N–H and O–H groups in total. The van der Waals surface area contributed by atoms with E-state index in [0.717, 1.165) is 12.1 Å². The van der Waals surface area contributed by atoms with Crippen LogP contribution < -0.4 is 4.74 Å². The Morgan fingerprint density at radius 1 is 0.882 bits per heavy atom. The van der Waals surface area contributed by atoms with Gasteiger partial charge in [-0.05, 0) is 24.3 Å². The summed E-state index contributed by atoms with van der Waals surface area (Å²) in [6.45, 7) is 0. The van der Waals surface area contributed by atoms with Crippen LogP contribution in [0, 0.1) is 11.6 Å². The van der Waals surface area contributed by atoms with Gasteiger partial charge in [-0.15, -0.1) is 0 Å². The van der Waals surface area contributed by atoms with Crippen LogP contribution in [-0.2, 0) is 0 Å². The summed E-state index contributed by atoms with van der Waals surface area (Å²) in [5, 5.41) is 0.699. The predicted octanol–water partition coefficient (Wildman–Crippen LogP) is 5.06. The molecule has 0 radical (unpaired) electrons. The van der Waals surface area contributed by atoms with Crippen LogP contribution in [0.4, 0.5) is 8.78 Å². The van der Waals surface area contributed by atoms with Gasteiger partial charge in [0.2, 0.25) is 0 Å². The lowest BCUT2D eigenvalue weighted by Crippen LogP contribution is -1.90. The normalized spacial score (nSPS) is 10.4. The van der Waals surface area contributed by atoms with Gasteiger partial charge < -0.3 is 4.74 Å². The minimum Gasteiger partial charge on any atom is -0.453 e. The van der Waals surface area contributed by atoms with Gasteiger partial charge in [-0.25, -0.2) is 8.78 Å². The molecule has 0 saturated carbocycles. The van der Waals surface area contributed by atoms with Crippen molar-refractivity contribution in [2.24, 2.45) is 0 Å². The molecule has 2 aromatic rings. The number of rotatable bonds is 2. The number of halogens is 4. The first kappa shape index (κ1) is 12.1. The number of hydrogen-bond donors (Lipinski definition) is 0. The molecule has 5 heteroatoms. The van der Waals surface area contributed by atoms with E-state index < -0.39 is 11.6 Å². The standard InChI is InChI=1S/C12H6Cl2F2O/c13-7-1-3-9(14)12(5-7)17-11-4-2-8(15)6-10(11)16/h1-6H. The van der Waals surface area contributed by atoms with E-state index in [2.05, 4.69) is 0 Å². The van der Waals surface area contributed by atoms with Gasteiger partial charge in [0.15, 0.2) is 11.6 Å². The van der Waals surface area contributed by atoms with Crippen molar-refractivity contribution in [1.29, 1.82) is 0 Å². The summed E-state index contributed by atoms with van der Waals surface area (Å²) in [7, 11) is 0. The molecule has 88 valence electrons. The van der Waals surface area contributed by atoms with Crippen molar-refractivity contribution in [3.05, 3.63) is 58.1 Å². The summed E-state index contributed by atoms with van der Waals surface area (Å²) in [5.74, 6) is -1.38. The number of ether oxygens (including phenoxy) is 1. The molecule has 0 unspecified atom stereocenters. The van der Waals surface area contributed by atoms with Gasteiger partial charge in [0.05, 0.1) is 5.02 Å². The van der Waals surface area contributed by atoms with E-state index in [1.807, 2.05) is 0 Å². The van der Waals surface area contributed by atoms with E-state index in [-0.39, 0.29) is 16.5 Å². The maximum absolute atomic E-state index is 13.3. The lowest BCUT2D eigenvalue weighted by molar-refractivity contribution is 0.438. The molecule has 0 aliphatic carbocycles. The Kier molecular flexibility index (Phi) is 3.50. The fraction of sp³-hybridized carbons (Fsp3) is 0. The van der Waals surface area contributed by atoms with Gasteiger partial charge in [0.1, 0.15) is 11.6 Å². The first-order chi connectivity index (χ1) is 8.06. The Bertz CT molecular complexity index is 558. The van der Waals surface area contributed by atoms with Crippen molar-refractivity contribution in [3.8, 4) is 11.5 Å². The molecule has 0 aromatic heterocycles. The van der Waals surface area contributed by atoms with Crippen molar-refractivity contribution < 1.29 is 13.5 Å². The quantitative estimate of drug-likeness (QED) is 0.744. The van der Waals surface area contributed by atoms with E-state index in [4.69, 9.17) is 27.9 Å². The molecule has 2 aromatic carbocycles. The number of hydrogen-bond acceptors (Lipinski definition) is 1. The zero-order valence-corrected chi connectivity index (χ0v) is 9.90. The summed E-state index contributed by atoms with van der Waals surface area (Å²) < 4.78 is 31.2.